The molecule has 1 N–H and O–H groups in total. The molecule has 5 nitrogen and oxygen atoms in total. The first-order chi connectivity index (χ1) is 9.13. The number of rotatable bonds is 2. The van der Waals surface area contributed by atoms with Crippen LogP contribution >= 0.6 is 0 Å². The minimum Gasteiger partial charge on any atom is -0.321 e. The van der Waals surface area contributed by atoms with E-state index in [-0.39, 0.29) is 5.91 Å². The number of fused-ring (bicyclic) bond motifs is 1. The lowest BCUT2D eigenvalue weighted by atomic mass is 10.1. The van der Waals surface area contributed by atoms with Crippen LogP contribution in [0, 0.1) is 0 Å². The third-order valence-electron chi connectivity index (χ3n) is 3.40. The molecule has 0 atom stereocenters. The molecule has 0 unspecified atom stereocenters. The molecule has 1 aromatic heterocycles. The molecule has 1 aromatic carbocycles. The SMILES string of the molecule is CN1Cc2ccc(NC(=O)c3ccnn3C)cc2C1. The average Bonchev–Trinajstić information content (AvgIpc) is 2.93. The van der Waals surface area contributed by atoms with Crippen LogP contribution in [0.4, 0.5) is 5.69 Å². The highest BCUT2D eigenvalue weighted by Gasteiger charge is 2.16. The zero-order chi connectivity index (χ0) is 13.4. The number of hydrogen-bond donors (Lipinski definition) is 1. The first-order valence-corrected chi connectivity index (χ1v) is 6.23. The Morgan fingerprint density at radius 2 is 2.00 bits per heavy atom. The molecule has 0 saturated heterocycles. The lowest BCUT2D eigenvalue weighted by molar-refractivity contribution is 0.101. The number of nitrogens with zero attached hydrogens (tertiary/aromatic N) is 3. The standard InChI is InChI=1S/C14H16N4O/c1-17-8-10-3-4-12(7-11(10)9-17)16-14(19)13-5-6-15-18(13)2/h3-7H,8-9H2,1-2H3,(H,16,19). The molecular weight excluding hydrogens is 240 g/mol. The van der Waals surface area contributed by atoms with Crippen molar-refractivity contribution in [2.75, 3.05) is 12.4 Å². The summed E-state index contributed by atoms with van der Waals surface area (Å²) in [7, 11) is 3.85. The molecule has 2 aromatic rings. The predicted octanol–water partition coefficient (Wildman–Crippen LogP) is 1.62. The summed E-state index contributed by atoms with van der Waals surface area (Å²) in [5.74, 6) is -0.133. The molecule has 0 fully saturated rings. The number of benzene rings is 1. The van der Waals surface area contributed by atoms with Crippen molar-refractivity contribution < 1.29 is 4.79 Å². The van der Waals surface area contributed by atoms with Gasteiger partial charge in [0, 0.05) is 32.0 Å². The summed E-state index contributed by atoms with van der Waals surface area (Å²) < 4.78 is 1.57. The molecule has 98 valence electrons. The van der Waals surface area contributed by atoms with Crippen LogP contribution in [0.2, 0.25) is 0 Å². The monoisotopic (exact) mass is 256 g/mol. The molecule has 1 aliphatic heterocycles. The molecule has 3 rings (SSSR count). The summed E-state index contributed by atoms with van der Waals surface area (Å²) >= 11 is 0. The zero-order valence-electron chi connectivity index (χ0n) is 11.1. The Labute approximate surface area is 111 Å². The summed E-state index contributed by atoms with van der Waals surface area (Å²) in [5.41, 5.74) is 4.00. The van der Waals surface area contributed by atoms with E-state index in [9.17, 15) is 4.79 Å². The number of aryl methyl sites for hydroxylation is 1. The van der Waals surface area contributed by atoms with Crippen molar-refractivity contribution in [2.45, 2.75) is 13.1 Å². The Morgan fingerprint density at radius 1 is 1.21 bits per heavy atom. The Kier molecular flexibility index (Phi) is 2.83. The highest BCUT2D eigenvalue weighted by atomic mass is 16.2. The van der Waals surface area contributed by atoms with Crippen molar-refractivity contribution in [2.24, 2.45) is 7.05 Å². The fourth-order valence-electron chi connectivity index (χ4n) is 2.43. The van der Waals surface area contributed by atoms with Gasteiger partial charge in [0.15, 0.2) is 0 Å². The van der Waals surface area contributed by atoms with Crippen LogP contribution in [0.1, 0.15) is 21.6 Å². The lowest BCUT2D eigenvalue weighted by Crippen LogP contribution is -2.16. The van der Waals surface area contributed by atoms with E-state index in [1.54, 1.807) is 24.0 Å². The van der Waals surface area contributed by atoms with E-state index >= 15 is 0 Å². The van der Waals surface area contributed by atoms with Crippen molar-refractivity contribution in [3.8, 4) is 0 Å². The second kappa shape index (κ2) is 4.51. The van der Waals surface area contributed by atoms with Gasteiger partial charge in [-0.15, -0.1) is 0 Å². The van der Waals surface area contributed by atoms with Gasteiger partial charge in [0.25, 0.3) is 5.91 Å². The Bertz CT molecular complexity index is 632. The van der Waals surface area contributed by atoms with Crippen molar-refractivity contribution in [1.29, 1.82) is 0 Å². The number of amides is 1. The van der Waals surface area contributed by atoms with Gasteiger partial charge in [-0.05, 0) is 36.4 Å². The Hall–Kier alpha value is -2.14. The van der Waals surface area contributed by atoms with Gasteiger partial charge < -0.3 is 5.32 Å². The number of hydrogen-bond acceptors (Lipinski definition) is 3. The summed E-state index contributed by atoms with van der Waals surface area (Å²) in [4.78, 5) is 14.3. The van der Waals surface area contributed by atoms with Crippen LogP contribution in [-0.4, -0.2) is 27.6 Å². The van der Waals surface area contributed by atoms with E-state index in [0.29, 0.717) is 5.69 Å². The van der Waals surface area contributed by atoms with E-state index in [4.69, 9.17) is 0 Å². The van der Waals surface area contributed by atoms with Crippen LogP contribution in [0.3, 0.4) is 0 Å². The van der Waals surface area contributed by atoms with Crippen LogP contribution in [-0.2, 0) is 20.1 Å². The second-order valence-electron chi connectivity index (χ2n) is 4.95. The quantitative estimate of drug-likeness (QED) is 0.888. The number of anilines is 1. The smallest absolute Gasteiger partial charge is 0.273 e. The normalized spacial score (nSPS) is 14.4. The van der Waals surface area contributed by atoms with E-state index in [0.717, 1.165) is 18.8 Å². The summed E-state index contributed by atoms with van der Waals surface area (Å²) in [5, 5.41) is 6.91. The molecule has 1 amide bonds. The first kappa shape index (κ1) is 11.9. The number of nitrogens with one attached hydrogen (secondary N) is 1. The van der Waals surface area contributed by atoms with Gasteiger partial charge in [-0.3, -0.25) is 14.4 Å². The van der Waals surface area contributed by atoms with Gasteiger partial charge in [-0.2, -0.15) is 5.10 Å². The average molecular weight is 256 g/mol. The molecular formula is C14H16N4O. The highest BCUT2D eigenvalue weighted by molar-refractivity contribution is 6.03. The molecule has 19 heavy (non-hydrogen) atoms. The first-order valence-electron chi connectivity index (χ1n) is 6.23. The molecule has 2 heterocycles. The lowest BCUT2D eigenvalue weighted by Gasteiger charge is -2.07. The van der Waals surface area contributed by atoms with Crippen LogP contribution in [0.5, 0.6) is 0 Å². The predicted molar refractivity (Wildman–Crippen MR) is 72.8 cm³/mol. The third kappa shape index (κ3) is 2.24. The van der Waals surface area contributed by atoms with Crippen LogP contribution in [0.25, 0.3) is 0 Å². The topological polar surface area (TPSA) is 50.2 Å². The van der Waals surface area contributed by atoms with E-state index < -0.39 is 0 Å². The minimum absolute atomic E-state index is 0.133. The highest BCUT2D eigenvalue weighted by Crippen LogP contribution is 2.24. The van der Waals surface area contributed by atoms with Gasteiger partial charge >= 0.3 is 0 Å². The number of carbonyl (C=O) groups excluding carboxylic acids is 1. The van der Waals surface area contributed by atoms with Crippen molar-refractivity contribution in [3.63, 3.8) is 0 Å². The van der Waals surface area contributed by atoms with Gasteiger partial charge in [0.1, 0.15) is 5.69 Å². The van der Waals surface area contributed by atoms with Crippen molar-refractivity contribution in [3.05, 3.63) is 47.3 Å². The second-order valence-corrected chi connectivity index (χ2v) is 4.95. The zero-order valence-corrected chi connectivity index (χ0v) is 11.1. The van der Waals surface area contributed by atoms with Crippen LogP contribution < -0.4 is 5.32 Å². The van der Waals surface area contributed by atoms with Gasteiger partial charge in [0.2, 0.25) is 0 Å². The van der Waals surface area contributed by atoms with E-state index in [2.05, 4.69) is 28.4 Å². The number of aromatic nitrogens is 2. The van der Waals surface area contributed by atoms with Gasteiger partial charge in [-0.25, -0.2) is 0 Å². The molecule has 0 radical (unpaired) electrons. The molecule has 1 aliphatic rings. The molecule has 0 spiro atoms. The van der Waals surface area contributed by atoms with Crippen molar-refractivity contribution >= 4 is 11.6 Å². The summed E-state index contributed by atoms with van der Waals surface area (Å²) in [6, 6.07) is 7.79. The summed E-state index contributed by atoms with van der Waals surface area (Å²) in [6.45, 7) is 1.91. The van der Waals surface area contributed by atoms with Crippen LogP contribution in [0.15, 0.2) is 30.5 Å². The van der Waals surface area contributed by atoms with E-state index in [1.807, 2.05) is 12.1 Å². The Morgan fingerprint density at radius 3 is 2.74 bits per heavy atom. The molecule has 0 aliphatic carbocycles. The fraction of sp³-hybridized carbons (Fsp3) is 0.286. The maximum Gasteiger partial charge on any atom is 0.273 e. The Balaban J connectivity index is 1.80. The molecule has 0 bridgehead atoms. The maximum atomic E-state index is 12.1. The van der Waals surface area contributed by atoms with Gasteiger partial charge in [-0.1, -0.05) is 6.07 Å². The maximum absolute atomic E-state index is 12.1. The fourth-order valence-corrected chi connectivity index (χ4v) is 2.43. The number of carbonyl (C=O) groups is 1. The van der Waals surface area contributed by atoms with E-state index in [1.165, 1.54) is 11.1 Å². The molecule has 0 saturated carbocycles. The largest absolute Gasteiger partial charge is 0.321 e. The third-order valence-corrected chi connectivity index (χ3v) is 3.40. The molecule has 5 heteroatoms. The minimum atomic E-state index is -0.133. The van der Waals surface area contributed by atoms with Gasteiger partial charge in [0.05, 0.1) is 0 Å². The van der Waals surface area contributed by atoms with Crippen molar-refractivity contribution in [1.82, 2.24) is 14.7 Å². The summed E-state index contributed by atoms with van der Waals surface area (Å²) in [6.07, 6.45) is 1.62.